The lowest BCUT2D eigenvalue weighted by atomic mass is 10.0. The van der Waals surface area contributed by atoms with Crippen LogP contribution in [0.2, 0.25) is 0 Å². The molecule has 4 heteroatoms. The lowest BCUT2D eigenvalue weighted by Gasteiger charge is -2.27. The van der Waals surface area contributed by atoms with Gasteiger partial charge in [0.1, 0.15) is 11.5 Å². The first-order chi connectivity index (χ1) is 8.93. The first-order valence-electron chi connectivity index (χ1n) is 6.54. The lowest BCUT2D eigenvalue weighted by Crippen LogP contribution is -2.46. The van der Waals surface area contributed by atoms with E-state index in [9.17, 15) is 0 Å². The van der Waals surface area contributed by atoms with Gasteiger partial charge in [0.2, 0.25) is 0 Å². The second kappa shape index (κ2) is 6.78. The van der Waals surface area contributed by atoms with Gasteiger partial charge in [0.05, 0.1) is 14.2 Å². The molecular weight excluding hydrogens is 240 g/mol. The molecule has 0 spiro atoms. The van der Waals surface area contributed by atoms with Crippen molar-refractivity contribution in [3.8, 4) is 11.5 Å². The molecule has 1 rings (SSSR count). The smallest absolute Gasteiger partial charge is 0.127 e. The predicted molar refractivity (Wildman–Crippen MR) is 79.1 cm³/mol. The molecular formula is C15H26N2O2. The molecule has 0 aliphatic heterocycles. The molecule has 0 aliphatic carbocycles. The zero-order valence-electron chi connectivity index (χ0n) is 12.9. The fourth-order valence-corrected chi connectivity index (χ4v) is 2.11. The van der Waals surface area contributed by atoms with E-state index in [-0.39, 0.29) is 5.54 Å². The highest BCUT2D eigenvalue weighted by molar-refractivity contribution is 5.46. The molecule has 0 atom stereocenters. The molecule has 0 aromatic heterocycles. The quantitative estimate of drug-likeness (QED) is 0.793. The monoisotopic (exact) mass is 266 g/mol. The van der Waals surface area contributed by atoms with Crippen LogP contribution in [0.15, 0.2) is 12.1 Å². The lowest BCUT2D eigenvalue weighted by molar-refractivity contribution is 0.360. The highest BCUT2D eigenvalue weighted by Gasteiger charge is 2.17. The van der Waals surface area contributed by atoms with Crippen LogP contribution in [0.25, 0.3) is 0 Å². The normalized spacial score (nSPS) is 11.5. The molecule has 0 saturated carbocycles. The summed E-state index contributed by atoms with van der Waals surface area (Å²) in [6.45, 7) is 8.11. The molecule has 0 bridgehead atoms. The molecule has 0 saturated heterocycles. The Hall–Kier alpha value is -1.26. The van der Waals surface area contributed by atoms with Gasteiger partial charge in [0.15, 0.2) is 0 Å². The van der Waals surface area contributed by atoms with Crippen molar-refractivity contribution in [1.29, 1.82) is 0 Å². The molecule has 0 radical (unpaired) electrons. The Balaban J connectivity index is 2.88. The number of benzene rings is 1. The molecule has 19 heavy (non-hydrogen) atoms. The Labute approximate surface area is 116 Å². The molecule has 0 fully saturated rings. The number of nitrogens with one attached hydrogen (secondary N) is 2. The van der Waals surface area contributed by atoms with Gasteiger partial charge in [0.25, 0.3) is 0 Å². The Morgan fingerprint density at radius 2 is 1.84 bits per heavy atom. The third-order valence-electron chi connectivity index (χ3n) is 3.22. The third kappa shape index (κ3) is 4.40. The summed E-state index contributed by atoms with van der Waals surface area (Å²) in [5, 5.41) is 6.74. The zero-order chi connectivity index (χ0) is 14.5. The van der Waals surface area contributed by atoms with Crippen LogP contribution in [0.5, 0.6) is 11.5 Å². The van der Waals surface area contributed by atoms with Gasteiger partial charge >= 0.3 is 0 Å². The molecule has 0 heterocycles. The predicted octanol–water partition coefficient (Wildman–Crippen LogP) is 2.10. The number of methoxy groups -OCH3 is 2. The van der Waals surface area contributed by atoms with Crippen LogP contribution in [0.1, 0.15) is 25.0 Å². The number of ether oxygens (including phenoxy) is 2. The van der Waals surface area contributed by atoms with Crippen molar-refractivity contribution in [3.63, 3.8) is 0 Å². The summed E-state index contributed by atoms with van der Waals surface area (Å²) in [6.07, 6.45) is 0. The minimum absolute atomic E-state index is 0.0339. The number of rotatable bonds is 7. The van der Waals surface area contributed by atoms with Gasteiger partial charge in [-0.3, -0.25) is 0 Å². The van der Waals surface area contributed by atoms with Crippen LogP contribution in [-0.4, -0.2) is 33.4 Å². The largest absolute Gasteiger partial charge is 0.497 e. The molecule has 2 N–H and O–H groups in total. The fraction of sp³-hybridized carbons (Fsp3) is 0.600. The maximum Gasteiger partial charge on any atom is 0.127 e. The SMILES string of the molecule is CNCC(C)(C)NCc1c(C)cc(OC)cc1OC. The van der Waals surface area contributed by atoms with Gasteiger partial charge in [-0.1, -0.05) is 0 Å². The minimum Gasteiger partial charge on any atom is -0.497 e. The Bertz CT molecular complexity index is 417. The number of hydrogen-bond donors (Lipinski definition) is 2. The number of hydrogen-bond acceptors (Lipinski definition) is 4. The Kier molecular flexibility index (Phi) is 5.63. The topological polar surface area (TPSA) is 42.5 Å². The number of aryl methyl sites for hydroxylation is 1. The average molecular weight is 266 g/mol. The standard InChI is InChI=1S/C15H26N2O2/c1-11-7-12(18-5)8-14(19-6)13(11)9-17-15(2,3)10-16-4/h7-8,16-17H,9-10H2,1-6H3. The first kappa shape index (κ1) is 15.8. The summed E-state index contributed by atoms with van der Waals surface area (Å²) in [4.78, 5) is 0. The van der Waals surface area contributed by atoms with Gasteiger partial charge in [-0.25, -0.2) is 0 Å². The van der Waals surface area contributed by atoms with Crippen LogP contribution in [0, 0.1) is 6.92 Å². The highest BCUT2D eigenvalue weighted by atomic mass is 16.5. The second-order valence-corrected chi connectivity index (χ2v) is 5.39. The second-order valence-electron chi connectivity index (χ2n) is 5.39. The van der Waals surface area contributed by atoms with Gasteiger partial charge in [-0.15, -0.1) is 0 Å². The van der Waals surface area contributed by atoms with Crippen LogP contribution in [0.4, 0.5) is 0 Å². The van der Waals surface area contributed by atoms with Crippen molar-refractivity contribution in [2.45, 2.75) is 32.9 Å². The van der Waals surface area contributed by atoms with Crippen LogP contribution in [-0.2, 0) is 6.54 Å². The minimum atomic E-state index is 0.0339. The molecule has 1 aromatic rings. The highest BCUT2D eigenvalue weighted by Crippen LogP contribution is 2.28. The van der Waals surface area contributed by atoms with Gasteiger partial charge < -0.3 is 20.1 Å². The van der Waals surface area contributed by atoms with Gasteiger partial charge in [-0.2, -0.15) is 0 Å². The molecule has 108 valence electrons. The molecule has 4 nitrogen and oxygen atoms in total. The van der Waals surface area contributed by atoms with Crippen LogP contribution in [0.3, 0.4) is 0 Å². The Morgan fingerprint density at radius 3 is 2.37 bits per heavy atom. The van der Waals surface area contributed by atoms with Crippen molar-refractivity contribution in [2.75, 3.05) is 27.8 Å². The van der Waals surface area contributed by atoms with Crippen molar-refractivity contribution in [2.24, 2.45) is 0 Å². The summed E-state index contributed by atoms with van der Waals surface area (Å²) in [7, 11) is 5.32. The van der Waals surface area contributed by atoms with Crippen molar-refractivity contribution in [3.05, 3.63) is 23.3 Å². The summed E-state index contributed by atoms with van der Waals surface area (Å²) in [5.74, 6) is 1.69. The maximum absolute atomic E-state index is 5.46. The maximum atomic E-state index is 5.46. The average Bonchev–Trinajstić information content (AvgIpc) is 2.36. The molecule has 0 aliphatic rings. The van der Waals surface area contributed by atoms with E-state index in [0.717, 1.165) is 24.6 Å². The molecule has 0 unspecified atom stereocenters. The van der Waals surface area contributed by atoms with Gasteiger partial charge in [0, 0.05) is 30.3 Å². The van der Waals surface area contributed by atoms with E-state index in [1.54, 1.807) is 14.2 Å². The summed E-state index contributed by atoms with van der Waals surface area (Å²) < 4.78 is 10.7. The van der Waals surface area contributed by atoms with Crippen molar-refractivity contribution >= 4 is 0 Å². The van der Waals surface area contributed by atoms with E-state index in [1.807, 2.05) is 19.2 Å². The van der Waals surface area contributed by atoms with Crippen molar-refractivity contribution in [1.82, 2.24) is 10.6 Å². The van der Waals surface area contributed by atoms with E-state index in [1.165, 1.54) is 11.1 Å². The van der Waals surface area contributed by atoms with E-state index >= 15 is 0 Å². The summed E-state index contributed by atoms with van der Waals surface area (Å²) >= 11 is 0. The van der Waals surface area contributed by atoms with E-state index < -0.39 is 0 Å². The Morgan fingerprint density at radius 1 is 1.16 bits per heavy atom. The van der Waals surface area contributed by atoms with Gasteiger partial charge in [-0.05, 0) is 39.4 Å². The van der Waals surface area contributed by atoms with Crippen LogP contribution >= 0.6 is 0 Å². The third-order valence-corrected chi connectivity index (χ3v) is 3.22. The molecule has 1 aromatic carbocycles. The first-order valence-corrected chi connectivity index (χ1v) is 6.54. The molecule has 0 amide bonds. The van der Waals surface area contributed by atoms with E-state index in [2.05, 4.69) is 31.4 Å². The fourth-order valence-electron chi connectivity index (χ4n) is 2.11. The number of likely N-dealkylation sites (N-methyl/N-ethyl adjacent to an activating group) is 1. The summed E-state index contributed by atoms with van der Waals surface area (Å²) in [5.41, 5.74) is 2.38. The van der Waals surface area contributed by atoms with E-state index in [4.69, 9.17) is 9.47 Å². The summed E-state index contributed by atoms with van der Waals surface area (Å²) in [6, 6.07) is 3.96. The van der Waals surface area contributed by atoms with Crippen molar-refractivity contribution < 1.29 is 9.47 Å². The van der Waals surface area contributed by atoms with Crippen LogP contribution < -0.4 is 20.1 Å². The zero-order valence-corrected chi connectivity index (χ0v) is 12.9. The van der Waals surface area contributed by atoms with E-state index in [0.29, 0.717) is 0 Å².